The molecule has 0 amide bonds. The van der Waals surface area contributed by atoms with Crippen LogP contribution >= 0.6 is 38.9 Å². The largest absolute Gasteiger partial charge is 0.483 e. The number of hydrogen-bond donors (Lipinski definition) is 1. The molecule has 0 saturated carbocycles. The molecule has 5 heteroatoms. The highest BCUT2D eigenvalue weighted by Crippen LogP contribution is 2.34. The molecule has 2 nitrogen and oxygen atoms in total. The Bertz CT molecular complexity index is 602. The van der Waals surface area contributed by atoms with Gasteiger partial charge in [-0.25, -0.2) is 0 Å². The van der Waals surface area contributed by atoms with Crippen LogP contribution < -0.4 is 10.5 Å². The van der Waals surface area contributed by atoms with E-state index in [0.717, 1.165) is 37.8 Å². The van der Waals surface area contributed by atoms with Gasteiger partial charge in [0.05, 0.1) is 3.79 Å². The lowest BCUT2D eigenvalue weighted by Crippen LogP contribution is -2.30. The predicted molar refractivity (Wildman–Crippen MR) is 94.5 cm³/mol. The third-order valence-electron chi connectivity index (χ3n) is 3.40. The number of ether oxygens (including phenoxy) is 1. The summed E-state index contributed by atoms with van der Waals surface area (Å²) in [5, 5.41) is 0.778. The Labute approximate surface area is 143 Å². The molecule has 0 bridgehead atoms. The highest BCUT2D eigenvalue weighted by atomic mass is 79.9. The van der Waals surface area contributed by atoms with Crippen LogP contribution in [-0.2, 0) is 6.42 Å². The number of nitrogens with two attached hydrogens (primary N) is 1. The molecular weight excluding hydrogens is 370 g/mol. The van der Waals surface area contributed by atoms with Gasteiger partial charge in [-0.05, 0) is 64.7 Å². The Hall–Kier alpha value is -0.550. The van der Waals surface area contributed by atoms with E-state index >= 15 is 0 Å². The fraction of sp³-hybridized carbons (Fsp3) is 0.375. The normalized spacial score (nSPS) is 14.0. The minimum atomic E-state index is -0.141. The van der Waals surface area contributed by atoms with Crippen LogP contribution in [-0.4, -0.2) is 6.04 Å². The van der Waals surface area contributed by atoms with Crippen molar-refractivity contribution in [2.75, 3.05) is 0 Å². The second kappa shape index (κ2) is 7.63. The molecule has 1 aromatic heterocycles. The van der Waals surface area contributed by atoms with Crippen molar-refractivity contribution in [2.45, 2.75) is 38.8 Å². The number of thiophene rings is 1. The van der Waals surface area contributed by atoms with Gasteiger partial charge in [0.15, 0.2) is 0 Å². The Morgan fingerprint density at radius 1 is 1.29 bits per heavy atom. The molecule has 0 aliphatic carbocycles. The number of rotatable bonds is 6. The SMILES string of the molecule is CCc1cc(OC(c2ccc(Br)s2)C(N)CC)ccc1Cl. The Balaban J connectivity index is 2.27. The van der Waals surface area contributed by atoms with Crippen LogP contribution in [0.2, 0.25) is 5.02 Å². The third-order valence-corrected chi connectivity index (χ3v) is 5.45. The highest BCUT2D eigenvalue weighted by Gasteiger charge is 2.22. The molecule has 0 spiro atoms. The molecule has 1 aromatic carbocycles. The molecule has 0 aliphatic rings. The minimum absolute atomic E-state index is 0.0451. The van der Waals surface area contributed by atoms with Gasteiger partial charge in [0, 0.05) is 15.9 Å². The molecular formula is C16H19BrClNOS. The van der Waals surface area contributed by atoms with E-state index in [1.165, 1.54) is 0 Å². The van der Waals surface area contributed by atoms with Gasteiger partial charge in [-0.15, -0.1) is 11.3 Å². The first-order valence-electron chi connectivity index (χ1n) is 7.01. The van der Waals surface area contributed by atoms with E-state index in [0.29, 0.717) is 0 Å². The van der Waals surface area contributed by atoms with Crippen molar-refractivity contribution in [2.24, 2.45) is 5.73 Å². The number of aryl methyl sites for hydroxylation is 1. The maximum absolute atomic E-state index is 6.25. The van der Waals surface area contributed by atoms with Gasteiger partial charge in [0.1, 0.15) is 11.9 Å². The van der Waals surface area contributed by atoms with Crippen LogP contribution in [0.3, 0.4) is 0 Å². The van der Waals surface area contributed by atoms with Crippen molar-refractivity contribution in [1.82, 2.24) is 0 Å². The monoisotopic (exact) mass is 387 g/mol. The third kappa shape index (κ3) is 4.22. The van der Waals surface area contributed by atoms with E-state index in [1.807, 2.05) is 24.3 Å². The first-order valence-corrected chi connectivity index (χ1v) is 8.99. The maximum atomic E-state index is 6.25. The van der Waals surface area contributed by atoms with Gasteiger partial charge in [0.25, 0.3) is 0 Å². The van der Waals surface area contributed by atoms with E-state index in [-0.39, 0.29) is 12.1 Å². The zero-order valence-electron chi connectivity index (χ0n) is 12.1. The lowest BCUT2D eigenvalue weighted by atomic mass is 10.1. The molecule has 0 radical (unpaired) electrons. The fourth-order valence-corrected chi connectivity index (χ4v) is 3.87. The van der Waals surface area contributed by atoms with Crippen molar-refractivity contribution in [3.63, 3.8) is 0 Å². The van der Waals surface area contributed by atoms with Crippen molar-refractivity contribution in [1.29, 1.82) is 0 Å². The lowest BCUT2D eigenvalue weighted by Gasteiger charge is -2.23. The van der Waals surface area contributed by atoms with E-state index in [1.54, 1.807) is 11.3 Å². The Morgan fingerprint density at radius 3 is 2.62 bits per heavy atom. The first-order chi connectivity index (χ1) is 10.0. The van der Waals surface area contributed by atoms with Gasteiger partial charge in [-0.3, -0.25) is 0 Å². The van der Waals surface area contributed by atoms with Crippen molar-refractivity contribution < 1.29 is 4.74 Å². The topological polar surface area (TPSA) is 35.2 Å². The fourth-order valence-electron chi connectivity index (χ4n) is 2.09. The molecule has 0 aliphatic heterocycles. The maximum Gasteiger partial charge on any atom is 0.148 e. The van der Waals surface area contributed by atoms with Crippen molar-refractivity contribution in [3.05, 3.63) is 49.6 Å². The summed E-state index contributed by atoms with van der Waals surface area (Å²) in [6.45, 7) is 4.15. The van der Waals surface area contributed by atoms with E-state index in [4.69, 9.17) is 22.1 Å². The van der Waals surface area contributed by atoms with Gasteiger partial charge >= 0.3 is 0 Å². The van der Waals surface area contributed by atoms with Gasteiger partial charge < -0.3 is 10.5 Å². The molecule has 0 saturated heterocycles. The van der Waals surface area contributed by atoms with Crippen LogP contribution in [0.1, 0.15) is 36.8 Å². The summed E-state index contributed by atoms with van der Waals surface area (Å²) < 4.78 is 7.25. The number of benzene rings is 1. The van der Waals surface area contributed by atoms with Gasteiger partial charge in [-0.2, -0.15) is 0 Å². The quantitative estimate of drug-likeness (QED) is 0.700. The average molecular weight is 389 g/mol. The van der Waals surface area contributed by atoms with Crippen LogP contribution in [0.25, 0.3) is 0 Å². The zero-order chi connectivity index (χ0) is 15.4. The number of hydrogen-bond acceptors (Lipinski definition) is 3. The Kier molecular flexibility index (Phi) is 6.11. The summed E-state index contributed by atoms with van der Waals surface area (Å²) in [6, 6.07) is 9.83. The Morgan fingerprint density at radius 2 is 2.05 bits per heavy atom. The molecule has 0 fully saturated rings. The van der Waals surface area contributed by atoms with Crippen LogP contribution in [0, 0.1) is 0 Å². The summed E-state index contributed by atoms with van der Waals surface area (Å²) >= 11 is 11.3. The predicted octanol–water partition coefficient (Wildman–Crippen LogP) is 5.58. The summed E-state index contributed by atoms with van der Waals surface area (Å²) in [5.74, 6) is 0.815. The summed E-state index contributed by atoms with van der Waals surface area (Å²) in [5.41, 5.74) is 7.34. The minimum Gasteiger partial charge on any atom is -0.483 e. The second-order valence-corrected chi connectivity index (χ2v) is 7.76. The highest BCUT2D eigenvalue weighted by molar-refractivity contribution is 9.11. The molecule has 2 atom stereocenters. The molecule has 1 heterocycles. The molecule has 2 unspecified atom stereocenters. The van der Waals surface area contributed by atoms with Crippen molar-refractivity contribution in [3.8, 4) is 5.75 Å². The molecule has 2 rings (SSSR count). The van der Waals surface area contributed by atoms with Gasteiger partial charge in [-0.1, -0.05) is 25.4 Å². The average Bonchev–Trinajstić information content (AvgIpc) is 2.91. The van der Waals surface area contributed by atoms with Crippen molar-refractivity contribution >= 4 is 38.9 Å². The number of halogens is 2. The summed E-state index contributed by atoms with van der Waals surface area (Å²) in [6.07, 6.45) is 1.59. The standard InChI is InChI=1S/C16H19BrClNOS/c1-3-10-9-11(5-6-12(10)18)20-16(13(19)4-2)14-7-8-15(17)21-14/h5-9,13,16H,3-4,19H2,1-2H3. The first kappa shape index (κ1) is 16.8. The van der Waals surface area contributed by atoms with E-state index in [9.17, 15) is 0 Å². The molecule has 21 heavy (non-hydrogen) atoms. The molecule has 2 N–H and O–H groups in total. The van der Waals surface area contributed by atoms with Gasteiger partial charge in [0.2, 0.25) is 0 Å². The summed E-state index contributed by atoms with van der Waals surface area (Å²) in [4.78, 5) is 1.13. The second-order valence-electron chi connectivity index (χ2n) is 4.86. The van der Waals surface area contributed by atoms with Crippen LogP contribution in [0.5, 0.6) is 5.75 Å². The zero-order valence-corrected chi connectivity index (χ0v) is 15.3. The van der Waals surface area contributed by atoms with Crippen LogP contribution in [0.4, 0.5) is 0 Å². The van der Waals surface area contributed by atoms with Crippen LogP contribution in [0.15, 0.2) is 34.1 Å². The molecule has 2 aromatic rings. The molecule has 114 valence electrons. The van der Waals surface area contributed by atoms with E-state index < -0.39 is 0 Å². The summed E-state index contributed by atoms with van der Waals surface area (Å²) in [7, 11) is 0. The van der Waals surface area contributed by atoms with E-state index in [2.05, 4.69) is 35.8 Å². The smallest absolute Gasteiger partial charge is 0.148 e. The lowest BCUT2D eigenvalue weighted by molar-refractivity contribution is 0.174.